The summed E-state index contributed by atoms with van der Waals surface area (Å²) in [5.74, 6) is -0.189. The van der Waals surface area contributed by atoms with Crippen molar-refractivity contribution in [1.82, 2.24) is 14.7 Å². The lowest BCUT2D eigenvalue weighted by Crippen LogP contribution is -2.64. The Hall–Kier alpha value is -2.80. The molecule has 0 N–H and O–H groups in total. The molecule has 4 rings (SSSR count). The summed E-state index contributed by atoms with van der Waals surface area (Å²) in [7, 11) is 1.73. The minimum absolute atomic E-state index is 0.189. The van der Waals surface area contributed by atoms with Crippen molar-refractivity contribution in [2.45, 2.75) is 44.4 Å². The number of amides is 3. The van der Waals surface area contributed by atoms with Crippen molar-refractivity contribution in [3.05, 3.63) is 71.8 Å². The van der Waals surface area contributed by atoms with Crippen LogP contribution in [0, 0.1) is 0 Å². The first-order valence-electron chi connectivity index (χ1n) is 10.1. The molecule has 0 saturated carbocycles. The Labute approximate surface area is 181 Å². The first-order valence-corrected chi connectivity index (χ1v) is 11.0. The SMILES string of the molecule is CC(C)SC1=NC2C(C(=O)N(Cc3ccccc3)C(=O)N2C)N1Cc1ccccc1. The predicted molar refractivity (Wildman–Crippen MR) is 120 cm³/mol. The highest BCUT2D eigenvalue weighted by molar-refractivity contribution is 8.14. The van der Waals surface area contributed by atoms with Crippen LogP contribution in [-0.4, -0.2) is 56.3 Å². The average Bonchev–Trinajstić information content (AvgIpc) is 3.08. The number of amidine groups is 1. The summed E-state index contributed by atoms with van der Waals surface area (Å²) in [5.41, 5.74) is 2.04. The van der Waals surface area contributed by atoms with Gasteiger partial charge < -0.3 is 9.80 Å². The van der Waals surface area contributed by atoms with Crippen LogP contribution >= 0.6 is 11.8 Å². The second-order valence-electron chi connectivity index (χ2n) is 7.85. The van der Waals surface area contributed by atoms with Gasteiger partial charge in [0.05, 0.1) is 6.54 Å². The van der Waals surface area contributed by atoms with Gasteiger partial charge in [-0.1, -0.05) is 86.3 Å². The number of fused-ring (bicyclic) bond motifs is 1. The Morgan fingerprint density at radius 3 is 2.07 bits per heavy atom. The summed E-state index contributed by atoms with van der Waals surface area (Å²) in [6.07, 6.45) is -0.498. The summed E-state index contributed by atoms with van der Waals surface area (Å²) < 4.78 is 0. The number of aliphatic imine (C=N–C) groups is 1. The normalized spacial score (nSPS) is 21.3. The second kappa shape index (κ2) is 8.52. The van der Waals surface area contributed by atoms with Gasteiger partial charge in [-0.15, -0.1) is 0 Å². The molecule has 7 heteroatoms. The fraction of sp³-hybridized carbons (Fsp3) is 0.348. The lowest BCUT2D eigenvalue weighted by molar-refractivity contribution is -0.138. The summed E-state index contributed by atoms with van der Waals surface area (Å²) in [5, 5.41) is 1.14. The van der Waals surface area contributed by atoms with Gasteiger partial charge >= 0.3 is 6.03 Å². The van der Waals surface area contributed by atoms with Gasteiger partial charge in [0.1, 0.15) is 0 Å². The Morgan fingerprint density at radius 1 is 0.933 bits per heavy atom. The van der Waals surface area contributed by atoms with E-state index >= 15 is 0 Å². The third-order valence-electron chi connectivity index (χ3n) is 5.28. The molecular weight excluding hydrogens is 396 g/mol. The fourth-order valence-corrected chi connectivity index (χ4v) is 4.73. The lowest BCUT2D eigenvalue weighted by atomic mass is 10.1. The van der Waals surface area contributed by atoms with E-state index in [1.807, 2.05) is 48.5 Å². The van der Waals surface area contributed by atoms with Crippen molar-refractivity contribution in [1.29, 1.82) is 0 Å². The maximum Gasteiger partial charge on any atom is 0.328 e. The first kappa shape index (κ1) is 20.5. The van der Waals surface area contributed by atoms with E-state index in [0.717, 1.165) is 16.3 Å². The van der Waals surface area contributed by atoms with Gasteiger partial charge in [-0.25, -0.2) is 9.79 Å². The molecule has 3 amide bonds. The van der Waals surface area contributed by atoms with Crippen LogP contribution in [0.25, 0.3) is 0 Å². The third kappa shape index (κ3) is 3.94. The zero-order valence-electron chi connectivity index (χ0n) is 17.4. The Morgan fingerprint density at radius 2 is 1.50 bits per heavy atom. The second-order valence-corrected chi connectivity index (χ2v) is 9.40. The molecule has 2 aliphatic heterocycles. The molecule has 2 aromatic carbocycles. The molecule has 156 valence electrons. The van der Waals surface area contributed by atoms with E-state index < -0.39 is 12.2 Å². The minimum atomic E-state index is -0.516. The number of hydrogen-bond donors (Lipinski definition) is 0. The Bertz CT molecular complexity index is 948. The smallest absolute Gasteiger partial charge is 0.328 e. The van der Waals surface area contributed by atoms with E-state index in [4.69, 9.17) is 4.99 Å². The highest BCUT2D eigenvalue weighted by Crippen LogP contribution is 2.34. The first-order chi connectivity index (χ1) is 14.5. The molecule has 2 heterocycles. The maximum atomic E-state index is 13.6. The molecule has 0 aromatic heterocycles. The van der Waals surface area contributed by atoms with Crippen LogP contribution in [0.4, 0.5) is 4.79 Å². The molecule has 6 nitrogen and oxygen atoms in total. The van der Waals surface area contributed by atoms with Crippen molar-refractivity contribution in [3.63, 3.8) is 0 Å². The molecule has 2 aliphatic rings. The van der Waals surface area contributed by atoms with Crippen LogP contribution in [0.3, 0.4) is 0 Å². The van der Waals surface area contributed by atoms with E-state index in [-0.39, 0.29) is 18.5 Å². The number of thioether (sulfide) groups is 1. The van der Waals surface area contributed by atoms with Crippen molar-refractivity contribution >= 4 is 28.9 Å². The molecular formula is C23H26N4O2S. The largest absolute Gasteiger partial charge is 0.331 e. The zero-order valence-corrected chi connectivity index (χ0v) is 18.2. The monoisotopic (exact) mass is 422 g/mol. The Balaban J connectivity index is 1.66. The number of carbonyl (C=O) groups is 2. The molecule has 2 unspecified atom stereocenters. The molecule has 0 spiro atoms. The number of urea groups is 1. The molecule has 0 radical (unpaired) electrons. The van der Waals surface area contributed by atoms with E-state index in [1.54, 1.807) is 23.7 Å². The quantitative estimate of drug-likeness (QED) is 0.736. The highest BCUT2D eigenvalue weighted by atomic mass is 32.2. The van der Waals surface area contributed by atoms with Gasteiger partial charge in [0.15, 0.2) is 17.4 Å². The van der Waals surface area contributed by atoms with Crippen molar-refractivity contribution in [2.75, 3.05) is 7.05 Å². The number of likely N-dealkylation sites (N-methyl/N-ethyl adjacent to an activating group) is 1. The predicted octanol–water partition coefficient (Wildman–Crippen LogP) is 3.79. The number of nitrogens with zero attached hydrogens (tertiary/aromatic N) is 4. The number of imide groups is 1. The molecule has 30 heavy (non-hydrogen) atoms. The van der Waals surface area contributed by atoms with E-state index in [9.17, 15) is 9.59 Å². The van der Waals surface area contributed by atoms with Crippen LogP contribution in [-0.2, 0) is 17.9 Å². The number of benzene rings is 2. The minimum Gasteiger partial charge on any atom is -0.331 e. The third-order valence-corrected chi connectivity index (χ3v) is 6.30. The lowest BCUT2D eigenvalue weighted by Gasteiger charge is -2.41. The fourth-order valence-electron chi connectivity index (χ4n) is 3.82. The van der Waals surface area contributed by atoms with Crippen LogP contribution in [0.1, 0.15) is 25.0 Å². The number of rotatable bonds is 5. The van der Waals surface area contributed by atoms with E-state index in [0.29, 0.717) is 11.8 Å². The number of hydrogen-bond acceptors (Lipinski definition) is 5. The van der Waals surface area contributed by atoms with Crippen molar-refractivity contribution < 1.29 is 9.59 Å². The van der Waals surface area contributed by atoms with Gasteiger partial charge in [-0.3, -0.25) is 9.69 Å². The maximum absolute atomic E-state index is 13.6. The van der Waals surface area contributed by atoms with Crippen LogP contribution in [0.15, 0.2) is 65.7 Å². The number of carbonyl (C=O) groups excluding carboxylic acids is 2. The van der Waals surface area contributed by atoms with Crippen molar-refractivity contribution in [3.8, 4) is 0 Å². The van der Waals surface area contributed by atoms with E-state index in [1.165, 1.54) is 4.90 Å². The topological polar surface area (TPSA) is 56.2 Å². The summed E-state index contributed by atoms with van der Waals surface area (Å²) in [4.78, 5) is 36.4. The standard InChI is InChI=1S/C23H26N4O2S/c1-16(2)30-22-24-20-19(26(22)14-17-10-6-4-7-11-17)21(28)27(23(29)25(20)3)15-18-12-8-5-9-13-18/h4-13,16,19-20H,14-15H2,1-3H3. The van der Waals surface area contributed by atoms with Gasteiger partial charge in [0.25, 0.3) is 5.91 Å². The van der Waals surface area contributed by atoms with Crippen LogP contribution < -0.4 is 0 Å². The van der Waals surface area contributed by atoms with Crippen LogP contribution in [0.5, 0.6) is 0 Å². The molecule has 2 atom stereocenters. The molecule has 1 fully saturated rings. The van der Waals surface area contributed by atoms with E-state index in [2.05, 4.69) is 30.9 Å². The van der Waals surface area contributed by atoms with Crippen molar-refractivity contribution in [2.24, 2.45) is 4.99 Å². The molecule has 0 aliphatic carbocycles. The average molecular weight is 423 g/mol. The van der Waals surface area contributed by atoms with Gasteiger partial charge in [-0.2, -0.15) is 0 Å². The molecule has 1 saturated heterocycles. The summed E-state index contributed by atoms with van der Waals surface area (Å²) in [6, 6.07) is 18.9. The zero-order chi connectivity index (χ0) is 21.3. The molecule has 2 aromatic rings. The van der Waals surface area contributed by atoms with Crippen LogP contribution in [0.2, 0.25) is 0 Å². The van der Waals surface area contributed by atoms with Gasteiger partial charge in [0, 0.05) is 18.8 Å². The van der Waals surface area contributed by atoms with Gasteiger partial charge in [-0.05, 0) is 11.1 Å². The summed E-state index contributed by atoms with van der Waals surface area (Å²) in [6.45, 7) is 5.05. The van der Waals surface area contributed by atoms with Gasteiger partial charge in [0.2, 0.25) is 0 Å². The Kier molecular flexibility index (Phi) is 5.81. The highest BCUT2D eigenvalue weighted by Gasteiger charge is 2.52. The summed E-state index contributed by atoms with van der Waals surface area (Å²) >= 11 is 1.63. The molecule has 0 bridgehead atoms.